The fraction of sp³-hybridized carbons (Fsp3) is 0.943. The van der Waals surface area contributed by atoms with Crippen molar-refractivity contribution < 1.29 is 69.8 Å². The number of hydrogen-bond acceptors (Lipinski definition) is 18. The number of nitrogens with two attached hydrogens (primary N) is 1. The summed E-state index contributed by atoms with van der Waals surface area (Å²) in [4.78, 5) is 58.1. The van der Waals surface area contributed by atoms with Crippen LogP contribution in [0.4, 0.5) is 0 Å². The predicted molar refractivity (Wildman–Crippen MR) is 229 cm³/mol. The van der Waals surface area contributed by atoms with Crippen molar-refractivity contribution in [3.8, 4) is 0 Å². The third-order valence-corrected chi connectivity index (χ3v) is 16.5. The molecule has 0 spiro atoms. The number of nitrogens with one attached hydrogen (secondary N) is 2. The van der Waals surface area contributed by atoms with Gasteiger partial charge in [-0.3, -0.25) is 27.8 Å². The zero-order valence-corrected chi connectivity index (χ0v) is 39.5. The Bertz CT molecular complexity index is 1300. The molecule has 18 nitrogen and oxygen atoms in total. The number of thioether (sulfide) groups is 1. The maximum Gasteiger partial charge on any atom is 0.471 e. The maximum absolute atomic E-state index is 12.5. The van der Waals surface area contributed by atoms with Gasteiger partial charge in [0.15, 0.2) is 0 Å². The Labute approximate surface area is 362 Å². The largest absolute Gasteiger partial charge is 0.756 e. The highest BCUT2D eigenvalue weighted by Crippen LogP contribution is 2.43. The normalized spacial score (nSPS) is 21.4. The molecule has 0 aliphatic carbocycles. The highest BCUT2D eigenvalue weighted by Gasteiger charge is 2.42. The summed E-state index contributed by atoms with van der Waals surface area (Å²) in [6.45, 7) is 0.175. The summed E-state index contributed by atoms with van der Waals surface area (Å²) in [6, 6.07) is 0.257. The van der Waals surface area contributed by atoms with Crippen molar-refractivity contribution in [2.24, 2.45) is 17.6 Å². The van der Waals surface area contributed by atoms with Crippen LogP contribution in [0.1, 0.15) is 103 Å². The van der Waals surface area contributed by atoms with E-state index in [1.807, 2.05) is 22.6 Å². The zero-order chi connectivity index (χ0) is 43.2. The van der Waals surface area contributed by atoms with Gasteiger partial charge in [-0.25, -0.2) is 4.57 Å². The van der Waals surface area contributed by atoms with E-state index >= 15 is 0 Å². The summed E-state index contributed by atoms with van der Waals surface area (Å²) in [6.07, 6.45) is 12.1. The van der Waals surface area contributed by atoms with Gasteiger partial charge in [0.05, 0.1) is 46.2 Å². The van der Waals surface area contributed by atoms with Gasteiger partial charge in [-0.05, 0) is 63.0 Å². The number of fused-ring (bicyclic) bond motifs is 1. The number of phosphoric acid groups is 3. The molecule has 2 saturated heterocycles. The number of rotatable bonds is 40. The number of amides is 2. The number of ether oxygens (including phenoxy) is 1. The monoisotopic (exact) mass is 959 g/mol. The van der Waals surface area contributed by atoms with Crippen molar-refractivity contribution in [2.75, 3.05) is 83.7 Å². The van der Waals surface area contributed by atoms with Gasteiger partial charge in [0, 0.05) is 61.8 Å². The Hall–Kier alpha value is 0.240. The van der Waals surface area contributed by atoms with E-state index < -0.39 is 29.4 Å². The van der Waals surface area contributed by atoms with Gasteiger partial charge in [-0.15, -0.1) is 0 Å². The third-order valence-electron chi connectivity index (χ3n) is 9.45. The average Bonchev–Trinajstić information content (AvgIpc) is 3.75. The topological polar surface area (TPSA) is 266 Å². The first-order chi connectivity index (χ1) is 28.3. The van der Waals surface area contributed by atoms with Crippen molar-refractivity contribution in [2.45, 2.75) is 114 Å². The van der Waals surface area contributed by atoms with Gasteiger partial charge < -0.3 is 53.9 Å². The first-order valence-electron chi connectivity index (χ1n) is 20.7. The summed E-state index contributed by atoms with van der Waals surface area (Å²) in [5.41, 5.74) is 5.35. The number of carbonyl (C=O) groups excluding carboxylic acids is 2. The minimum absolute atomic E-state index is 0.00977. The fourth-order valence-corrected chi connectivity index (χ4v) is 12.2. The lowest BCUT2D eigenvalue weighted by molar-refractivity contribution is -0.229. The molecule has 2 rings (SSSR count). The molecule has 2 fully saturated rings. The second-order valence-electron chi connectivity index (χ2n) is 14.4. The summed E-state index contributed by atoms with van der Waals surface area (Å²) in [5.74, 6) is 2.90. The predicted octanol–water partition coefficient (Wildman–Crippen LogP) is 5.31. The van der Waals surface area contributed by atoms with Crippen LogP contribution in [0.5, 0.6) is 0 Å². The molecule has 4 unspecified atom stereocenters. The van der Waals surface area contributed by atoms with Crippen LogP contribution >= 0.6 is 56.8 Å². The summed E-state index contributed by atoms with van der Waals surface area (Å²) in [7, 11) is -8.48. The van der Waals surface area contributed by atoms with Crippen molar-refractivity contribution >= 4 is 68.6 Å². The molecule has 0 radical (unpaired) electrons. The molecule has 2 amide bonds. The Morgan fingerprint density at radius 2 is 1.47 bits per heavy atom. The highest BCUT2D eigenvalue weighted by molar-refractivity contribution is 8.76. The number of phosphoric ester groups is 3. The molecule has 0 saturated carbocycles. The molecule has 0 aromatic heterocycles. The molecule has 348 valence electrons. The number of hydrogen-bond donors (Lipinski definition) is 4. The molecule has 5 N–H and O–H groups in total. The molecule has 2 heterocycles. The van der Waals surface area contributed by atoms with E-state index in [4.69, 9.17) is 33.1 Å². The van der Waals surface area contributed by atoms with Crippen LogP contribution in [0.3, 0.4) is 0 Å². The van der Waals surface area contributed by atoms with Crippen LogP contribution in [-0.2, 0) is 55.2 Å². The van der Waals surface area contributed by atoms with E-state index in [0.717, 1.165) is 82.2 Å². The lowest BCUT2D eigenvalue weighted by Crippen LogP contribution is -2.34. The van der Waals surface area contributed by atoms with E-state index in [1.165, 1.54) is 0 Å². The van der Waals surface area contributed by atoms with Crippen molar-refractivity contribution in [3.05, 3.63) is 0 Å². The van der Waals surface area contributed by atoms with Crippen molar-refractivity contribution in [1.29, 1.82) is 0 Å². The molecule has 2 aliphatic rings. The van der Waals surface area contributed by atoms with E-state index in [9.17, 15) is 38.0 Å². The SMILES string of the molecule is COP(=O)(O)OCCCCCCSSCCCCCCOP(=O)([O-])OCC(CCCCNC(=O)CCCC[C@H]1SC[C@@H]2CC(=O)N[C@@H]21)COP(=O)([O-])OCCOCCN. The van der Waals surface area contributed by atoms with Crippen molar-refractivity contribution in [1.82, 2.24) is 10.6 Å². The molecule has 59 heavy (non-hydrogen) atoms. The van der Waals surface area contributed by atoms with Gasteiger partial charge in [0.1, 0.15) is 0 Å². The molecule has 0 bridgehead atoms. The number of carbonyl (C=O) groups is 2. The van der Waals surface area contributed by atoms with Gasteiger partial charge in [-0.2, -0.15) is 11.8 Å². The quantitative estimate of drug-likeness (QED) is 0.0344. The summed E-state index contributed by atoms with van der Waals surface area (Å²) >= 11 is 1.91. The Balaban J connectivity index is 1.58. The lowest BCUT2D eigenvalue weighted by Gasteiger charge is -2.28. The Kier molecular flexibility index (Phi) is 30.8. The van der Waals surface area contributed by atoms with Crippen LogP contribution in [-0.4, -0.2) is 112 Å². The average molecular weight is 960 g/mol. The minimum atomic E-state index is -4.69. The second kappa shape index (κ2) is 32.8. The van der Waals surface area contributed by atoms with Crippen LogP contribution in [0.25, 0.3) is 0 Å². The summed E-state index contributed by atoms with van der Waals surface area (Å²) < 4.78 is 70.4. The van der Waals surface area contributed by atoms with Crippen LogP contribution in [0.2, 0.25) is 0 Å². The van der Waals surface area contributed by atoms with Crippen molar-refractivity contribution in [3.63, 3.8) is 0 Å². The van der Waals surface area contributed by atoms with Gasteiger partial charge in [0.2, 0.25) is 11.8 Å². The minimum Gasteiger partial charge on any atom is -0.756 e. The summed E-state index contributed by atoms with van der Waals surface area (Å²) in [5, 5.41) is 6.41. The standard InChI is InChI=1S/C35H70N3O15P3S3/c1-47-54(41,42)49-19-10-2-4-12-24-58-59-25-13-5-3-11-20-50-55(43,44)52-27-30(28-53-56(45,46)51-23-22-48-21-17-36)14-8-9-18-37-33(39)16-7-6-15-32-35-31(29-57-32)26-34(40)38-35/h30-32,35H,2-29,36H2,1H3,(H,37,39)(H,38,40)(H,41,42)(H,43,44)(H,45,46)/p-2/t30?,31-,32+,35-/m0/s1. The van der Waals surface area contributed by atoms with Crippen LogP contribution < -0.4 is 26.2 Å². The zero-order valence-electron chi connectivity index (χ0n) is 34.4. The van der Waals surface area contributed by atoms with E-state index in [0.29, 0.717) is 62.7 Å². The molecule has 7 atom stereocenters. The highest BCUT2D eigenvalue weighted by atomic mass is 33.1. The first-order valence-corrected chi connectivity index (χ1v) is 28.6. The van der Waals surface area contributed by atoms with Crippen LogP contribution in [0.15, 0.2) is 0 Å². The van der Waals surface area contributed by atoms with E-state index in [-0.39, 0.29) is 70.6 Å². The molecule has 24 heteroatoms. The fourth-order valence-electron chi connectivity index (χ4n) is 6.24. The smallest absolute Gasteiger partial charge is 0.471 e. The first kappa shape index (κ1) is 55.4. The van der Waals surface area contributed by atoms with E-state index in [1.54, 1.807) is 10.8 Å². The second-order valence-corrected chi connectivity index (χ2v) is 22.8. The Morgan fingerprint density at radius 1 is 0.847 bits per heavy atom. The molecule has 0 aromatic rings. The van der Waals surface area contributed by atoms with E-state index in [2.05, 4.69) is 15.2 Å². The van der Waals surface area contributed by atoms with Gasteiger partial charge >= 0.3 is 7.82 Å². The molecular weight excluding hydrogens is 892 g/mol. The lowest BCUT2D eigenvalue weighted by atomic mass is 9.97. The Morgan fingerprint density at radius 3 is 2.12 bits per heavy atom. The molecule has 0 aromatic carbocycles. The van der Waals surface area contributed by atoms with Crippen LogP contribution in [0, 0.1) is 11.8 Å². The maximum atomic E-state index is 12.5. The third kappa shape index (κ3) is 28.6. The molecular formula is C35H68N3O15P3S3-2. The van der Waals surface area contributed by atoms with Gasteiger partial charge in [-0.1, -0.05) is 60.1 Å². The molecule has 2 aliphatic heterocycles. The number of unbranched alkanes of at least 4 members (excludes halogenated alkanes) is 8. The van der Waals surface area contributed by atoms with Gasteiger partial charge in [0.25, 0.3) is 15.6 Å².